The third kappa shape index (κ3) is 5.69. The Morgan fingerprint density at radius 1 is 1.27 bits per heavy atom. The molecule has 37 heavy (non-hydrogen) atoms. The maximum absolute atomic E-state index is 13.4. The molecule has 10 nitrogen and oxygen atoms in total. The number of halogens is 1. The monoisotopic (exact) mass is 532 g/mol. The first-order valence-electron chi connectivity index (χ1n) is 12.4. The minimum atomic E-state index is -0.845. The lowest BCUT2D eigenvalue weighted by Crippen LogP contribution is -2.35. The maximum Gasteiger partial charge on any atom is 0.332 e. The molecule has 1 saturated carbocycles. The number of hydroxylamine groups is 1. The van der Waals surface area contributed by atoms with E-state index in [0.29, 0.717) is 40.1 Å². The Labute approximate surface area is 219 Å². The van der Waals surface area contributed by atoms with Crippen molar-refractivity contribution < 1.29 is 28.8 Å². The van der Waals surface area contributed by atoms with Gasteiger partial charge >= 0.3 is 5.97 Å². The number of amides is 3. The van der Waals surface area contributed by atoms with E-state index >= 15 is 0 Å². The van der Waals surface area contributed by atoms with Crippen molar-refractivity contribution in [2.75, 3.05) is 7.11 Å². The number of aromatic amines is 1. The van der Waals surface area contributed by atoms with Gasteiger partial charge in [0, 0.05) is 22.4 Å². The number of ether oxygens (including phenoxy) is 1. The molecule has 1 aliphatic carbocycles. The highest BCUT2D eigenvalue weighted by Gasteiger charge is 2.41. The number of hydrogen-bond acceptors (Lipinski definition) is 6. The molecule has 4 rings (SSSR count). The summed E-state index contributed by atoms with van der Waals surface area (Å²) < 4.78 is 5.50. The van der Waals surface area contributed by atoms with Crippen molar-refractivity contribution in [1.29, 1.82) is 0 Å². The van der Waals surface area contributed by atoms with Crippen molar-refractivity contribution in [3.05, 3.63) is 28.4 Å². The number of fused-ring (bicyclic) bond motifs is 1. The van der Waals surface area contributed by atoms with Gasteiger partial charge in [-0.25, -0.2) is 4.79 Å². The summed E-state index contributed by atoms with van der Waals surface area (Å²) in [5, 5.41) is 3.75. The highest BCUT2D eigenvalue weighted by molar-refractivity contribution is 6.35. The molecular formula is C26H33ClN4O6. The largest absolute Gasteiger partial charge is 0.496 e. The van der Waals surface area contributed by atoms with Crippen LogP contribution in [-0.2, 0) is 19.2 Å². The van der Waals surface area contributed by atoms with Crippen LogP contribution in [0.1, 0.15) is 74.8 Å². The van der Waals surface area contributed by atoms with Gasteiger partial charge in [-0.05, 0) is 50.7 Å². The molecule has 0 bridgehead atoms. The van der Waals surface area contributed by atoms with E-state index in [9.17, 15) is 19.2 Å². The van der Waals surface area contributed by atoms with Gasteiger partial charge in [0.1, 0.15) is 11.4 Å². The van der Waals surface area contributed by atoms with E-state index in [0.717, 1.165) is 12.8 Å². The zero-order valence-electron chi connectivity index (χ0n) is 21.4. The number of nitrogens with one attached hydrogen (secondary N) is 3. The van der Waals surface area contributed by atoms with E-state index in [2.05, 4.69) is 15.8 Å². The average Bonchev–Trinajstić information content (AvgIpc) is 3.48. The molecule has 3 atom stereocenters. The summed E-state index contributed by atoms with van der Waals surface area (Å²) in [7, 11) is 1.48. The molecule has 11 heteroatoms. The fourth-order valence-electron chi connectivity index (χ4n) is 5.23. The summed E-state index contributed by atoms with van der Waals surface area (Å²) >= 11 is 6.37. The van der Waals surface area contributed by atoms with Gasteiger partial charge in [-0.1, -0.05) is 31.4 Å². The second-order valence-corrected chi connectivity index (χ2v) is 11.2. The van der Waals surface area contributed by atoms with Gasteiger partial charge in [0.25, 0.3) is 11.8 Å². The Morgan fingerprint density at radius 2 is 1.97 bits per heavy atom. The number of methoxy groups -OCH3 is 1. The normalized spacial score (nSPS) is 20.2. The van der Waals surface area contributed by atoms with E-state index in [-0.39, 0.29) is 41.3 Å². The molecule has 1 aromatic heterocycles. The van der Waals surface area contributed by atoms with E-state index in [1.165, 1.54) is 7.11 Å². The third-order valence-corrected chi connectivity index (χ3v) is 7.59. The molecule has 1 aliphatic heterocycles. The standard InChI is InChI=1S/C26H33ClN4O6/c1-12(15-11-26(2,3)30-24(15)34)9-18(32)37-31-25(35)14(10-13-5-6-13)19-20-17(36-4)8-7-16(27)21(20)29-22(19)23(28)33/h7-8,12-15,29H,5-6,9-11H2,1-4H3,(H2,28,33)(H,30,34)(H,31,35)/t12?,14-,15+/m0/s1. The van der Waals surface area contributed by atoms with Crippen LogP contribution in [-0.4, -0.2) is 41.3 Å². The highest BCUT2D eigenvalue weighted by Crippen LogP contribution is 2.45. The van der Waals surface area contributed by atoms with Crippen molar-refractivity contribution in [3.8, 4) is 5.75 Å². The Bertz CT molecular complexity index is 1250. The fourth-order valence-corrected chi connectivity index (χ4v) is 5.43. The van der Waals surface area contributed by atoms with Crippen LogP contribution in [0.4, 0.5) is 0 Å². The van der Waals surface area contributed by atoms with Crippen LogP contribution in [0.5, 0.6) is 5.75 Å². The number of nitrogens with two attached hydrogens (primary N) is 1. The minimum Gasteiger partial charge on any atom is -0.496 e. The molecule has 2 heterocycles. The maximum atomic E-state index is 13.4. The second-order valence-electron chi connectivity index (χ2n) is 10.8. The number of carbonyl (C=O) groups excluding carboxylic acids is 4. The van der Waals surface area contributed by atoms with E-state index in [1.807, 2.05) is 20.8 Å². The van der Waals surface area contributed by atoms with Crippen LogP contribution in [0.25, 0.3) is 10.9 Å². The number of rotatable bonds is 9. The first-order valence-corrected chi connectivity index (χ1v) is 12.8. The van der Waals surface area contributed by atoms with Crippen LogP contribution in [0.3, 0.4) is 0 Å². The Kier molecular flexibility index (Phi) is 7.41. The minimum absolute atomic E-state index is 0.0369. The van der Waals surface area contributed by atoms with Gasteiger partial charge in [0.2, 0.25) is 5.91 Å². The van der Waals surface area contributed by atoms with Crippen LogP contribution in [0, 0.1) is 17.8 Å². The van der Waals surface area contributed by atoms with Crippen LogP contribution in [0.15, 0.2) is 12.1 Å². The van der Waals surface area contributed by atoms with Crippen molar-refractivity contribution in [1.82, 2.24) is 15.8 Å². The molecule has 2 aromatic rings. The predicted octanol–water partition coefficient (Wildman–Crippen LogP) is 3.33. The van der Waals surface area contributed by atoms with Crippen LogP contribution >= 0.6 is 11.6 Å². The summed E-state index contributed by atoms with van der Waals surface area (Å²) in [6.45, 7) is 5.68. The van der Waals surface area contributed by atoms with Gasteiger partial charge in [-0.3, -0.25) is 14.4 Å². The SMILES string of the molecule is COc1ccc(Cl)c2[nH]c(C(N)=O)c([C@H](CC3CC3)C(=O)NOC(=O)CC(C)[C@H]3CC(C)(C)NC3=O)c12. The lowest BCUT2D eigenvalue weighted by Gasteiger charge is -2.20. The molecule has 2 fully saturated rings. The molecule has 0 spiro atoms. The van der Waals surface area contributed by atoms with E-state index in [1.54, 1.807) is 12.1 Å². The van der Waals surface area contributed by atoms with Crippen molar-refractivity contribution in [2.45, 2.75) is 64.3 Å². The summed E-state index contributed by atoms with van der Waals surface area (Å²) in [6, 6.07) is 3.28. The fraction of sp³-hybridized carbons (Fsp3) is 0.538. The second kappa shape index (κ2) is 10.2. The molecule has 3 amide bonds. The topological polar surface area (TPSA) is 153 Å². The van der Waals surface area contributed by atoms with Crippen molar-refractivity contribution >= 4 is 46.2 Å². The van der Waals surface area contributed by atoms with Gasteiger partial charge < -0.3 is 25.6 Å². The zero-order chi connectivity index (χ0) is 27.1. The zero-order valence-corrected chi connectivity index (χ0v) is 22.2. The van der Waals surface area contributed by atoms with Crippen molar-refractivity contribution in [3.63, 3.8) is 0 Å². The number of hydrogen-bond donors (Lipinski definition) is 4. The lowest BCUT2D eigenvalue weighted by molar-refractivity contribution is -0.160. The molecular weight excluding hydrogens is 500 g/mol. The van der Waals surface area contributed by atoms with Crippen molar-refractivity contribution in [2.24, 2.45) is 23.5 Å². The summed E-state index contributed by atoms with van der Waals surface area (Å²) in [6.07, 6.45) is 2.90. The predicted molar refractivity (Wildman–Crippen MR) is 137 cm³/mol. The number of primary amides is 1. The number of benzene rings is 1. The third-order valence-electron chi connectivity index (χ3n) is 7.27. The van der Waals surface area contributed by atoms with E-state index in [4.69, 9.17) is 26.9 Å². The molecule has 1 unspecified atom stereocenters. The quantitative estimate of drug-likeness (QED) is 0.363. The average molecular weight is 533 g/mol. The molecule has 5 N–H and O–H groups in total. The number of aromatic nitrogens is 1. The summed E-state index contributed by atoms with van der Waals surface area (Å²) in [5.74, 6) is -2.80. The molecule has 2 aliphatic rings. The van der Waals surface area contributed by atoms with Crippen LogP contribution < -0.4 is 21.3 Å². The number of carbonyl (C=O) groups is 4. The lowest BCUT2D eigenvalue weighted by atomic mass is 9.85. The Hall–Kier alpha value is -3.27. The smallest absolute Gasteiger partial charge is 0.332 e. The first kappa shape index (κ1) is 26.8. The van der Waals surface area contributed by atoms with Gasteiger partial charge in [-0.15, -0.1) is 0 Å². The Balaban J connectivity index is 1.54. The molecule has 1 saturated heterocycles. The highest BCUT2D eigenvalue weighted by atomic mass is 35.5. The van der Waals surface area contributed by atoms with Gasteiger partial charge in [0.05, 0.1) is 30.0 Å². The number of H-pyrrole nitrogens is 1. The summed E-state index contributed by atoms with van der Waals surface area (Å²) in [5.41, 5.74) is 8.47. The molecule has 200 valence electrons. The molecule has 0 radical (unpaired) electrons. The molecule has 1 aromatic carbocycles. The first-order chi connectivity index (χ1) is 17.4. The van der Waals surface area contributed by atoms with E-state index < -0.39 is 23.7 Å². The van der Waals surface area contributed by atoms with Gasteiger partial charge in [0.15, 0.2) is 0 Å². The summed E-state index contributed by atoms with van der Waals surface area (Å²) in [4.78, 5) is 58.7. The van der Waals surface area contributed by atoms with Crippen LogP contribution in [0.2, 0.25) is 5.02 Å². The van der Waals surface area contributed by atoms with Gasteiger partial charge in [-0.2, -0.15) is 5.48 Å². The Morgan fingerprint density at radius 3 is 2.54 bits per heavy atom.